The first kappa shape index (κ1) is 9.53. The van der Waals surface area contributed by atoms with Crippen molar-refractivity contribution in [3.63, 3.8) is 0 Å². The van der Waals surface area contributed by atoms with Crippen molar-refractivity contribution in [2.75, 3.05) is 5.73 Å². The summed E-state index contributed by atoms with van der Waals surface area (Å²) in [7, 11) is 0. The second-order valence-electron chi connectivity index (χ2n) is 5.01. The first-order valence-electron chi connectivity index (χ1n) is 5.79. The SMILES string of the molecule is CC1Cc2c(N)c3c(c(Cl)c2C1)CCC3. The molecule has 0 fully saturated rings. The Kier molecular flexibility index (Phi) is 2.00. The summed E-state index contributed by atoms with van der Waals surface area (Å²) in [6, 6.07) is 0. The summed E-state index contributed by atoms with van der Waals surface area (Å²) in [4.78, 5) is 0. The minimum absolute atomic E-state index is 0.710. The minimum Gasteiger partial charge on any atom is -0.398 e. The van der Waals surface area contributed by atoms with E-state index in [9.17, 15) is 0 Å². The Morgan fingerprint density at radius 3 is 2.53 bits per heavy atom. The van der Waals surface area contributed by atoms with Gasteiger partial charge in [0.2, 0.25) is 0 Å². The molecule has 0 radical (unpaired) electrons. The van der Waals surface area contributed by atoms with Gasteiger partial charge in [0.15, 0.2) is 0 Å². The van der Waals surface area contributed by atoms with E-state index in [4.69, 9.17) is 17.3 Å². The summed E-state index contributed by atoms with van der Waals surface area (Å²) in [5.74, 6) is 0.710. The van der Waals surface area contributed by atoms with Gasteiger partial charge in [-0.1, -0.05) is 18.5 Å². The van der Waals surface area contributed by atoms with Gasteiger partial charge in [0.1, 0.15) is 0 Å². The van der Waals surface area contributed by atoms with Crippen molar-refractivity contribution in [2.24, 2.45) is 5.92 Å². The Morgan fingerprint density at radius 2 is 1.73 bits per heavy atom. The summed E-state index contributed by atoms with van der Waals surface area (Å²) in [6.07, 6.45) is 5.71. The molecule has 1 unspecified atom stereocenters. The highest BCUT2D eigenvalue weighted by molar-refractivity contribution is 6.32. The van der Waals surface area contributed by atoms with Gasteiger partial charge in [-0.05, 0) is 60.3 Å². The first-order valence-corrected chi connectivity index (χ1v) is 6.16. The molecule has 0 saturated carbocycles. The van der Waals surface area contributed by atoms with Crippen molar-refractivity contribution < 1.29 is 0 Å². The highest BCUT2D eigenvalue weighted by Crippen LogP contribution is 2.43. The van der Waals surface area contributed by atoms with Gasteiger partial charge in [0, 0.05) is 10.7 Å². The molecule has 2 heteroatoms. The summed E-state index contributed by atoms with van der Waals surface area (Å²) in [5.41, 5.74) is 12.7. The zero-order chi connectivity index (χ0) is 10.6. The molecule has 1 nitrogen and oxygen atoms in total. The van der Waals surface area contributed by atoms with Crippen LogP contribution >= 0.6 is 11.6 Å². The number of nitrogen functional groups attached to an aromatic ring is 1. The quantitative estimate of drug-likeness (QED) is 0.670. The Balaban J connectivity index is 2.27. The van der Waals surface area contributed by atoms with Crippen LogP contribution in [-0.4, -0.2) is 0 Å². The van der Waals surface area contributed by atoms with Crippen LogP contribution in [0.15, 0.2) is 0 Å². The van der Waals surface area contributed by atoms with Crippen LogP contribution < -0.4 is 5.73 Å². The Bertz CT molecular complexity index is 398. The summed E-state index contributed by atoms with van der Waals surface area (Å²) < 4.78 is 0. The summed E-state index contributed by atoms with van der Waals surface area (Å²) >= 11 is 6.48. The molecule has 0 aliphatic heterocycles. The van der Waals surface area contributed by atoms with E-state index in [1.807, 2.05) is 0 Å². The standard InChI is InChI=1S/C13H16ClN/c1-7-5-10-11(6-7)13(15)9-4-2-3-8(9)12(10)14/h7H,2-6,15H2,1H3. The van der Waals surface area contributed by atoms with Crippen molar-refractivity contribution >= 4 is 17.3 Å². The minimum atomic E-state index is 0.710. The second kappa shape index (κ2) is 3.15. The zero-order valence-corrected chi connectivity index (χ0v) is 9.82. The highest BCUT2D eigenvalue weighted by Gasteiger charge is 2.29. The molecule has 2 aliphatic carbocycles. The molecule has 15 heavy (non-hydrogen) atoms. The van der Waals surface area contributed by atoms with E-state index in [1.54, 1.807) is 0 Å². The van der Waals surface area contributed by atoms with Crippen LogP contribution in [0.3, 0.4) is 0 Å². The molecule has 0 bridgehead atoms. The van der Waals surface area contributed by atoms with Crippen molar-refractivity contribution in [3.8, 4) is 0 Å². The highest BCUT2D eigenvalue weighted by atomic mass is 35.5. The summed E-state index contributed by atoms with van der Waals surface area (Å²) in [5, 5.41) is 1.04. The maximum Gasteiger partial charge on any atom is 0.0477 e. The molecule has 0 aromatic heterocycles. The molecular weight excluding hydrogens is 206 g/mol. The maximum absolute atomic E-state index is 6.48. The van der Waals surface area contributed by atoms with Gasteiger partial charge >= 0.3 is 0 Å². The lowest BCUT2D eigenvalue weighted by atomic mass is 9.99. The number of fused-ring (bicyclic) bond motifs is 2. The van der Waals surface area contributed by atoms with Crippen LogP contribution in [0.4, 0.5) is 5.69 Å². The molecule has 3 rings (SSSR count). The van der Waals surface area contributed by atoms with Crippen LogP contribution in [0.25, 0.3) is 0 Å². The number of anilines is 1. The lowest BCUT2D eigenvalue weighted by Crippen LogP contribution is -2.01. The third-order valence-corrected chi connectivity index (χ3v) is 4.32. The number of halogens is 1. The van der Waals surface area contributed by atoms with Crippen molar-refractivity contribution in [3.05, 3.63) is 27.3 Å². The second-order valence-corrected chi connectivity index (χ2v) is 5.39. The normalized spacial score (nSPS) is 22.9. The largest absolute Gasteiger partial charge is 0.398 e. The average Bonchev–Trinajstić information content (AvgIpc) is 2.79. The van der Waals surface area contributed by atoms with E-state index >= 15 is 0 Å². The lowest BCUT2D eigenvalue weighted by Gasteiger charge is -2.13. The fourth-order valence-electron chi connectivity index (χ4n) is 3.16. The Labute approximate surface area is 95.6 Å². The summed E-state index contributed by atoms with van der Waals surface area (Å²) in [6.45, 7) is 2.28. The monoisotopic (exact) mass is 221 g/mol. The van der Waals surface area contributed by atoms with Gasteiger partial charge in [-0.15, -0.1) is 0 Å². The van der Waals surface area contributed by atoms with Gasteiger partial charge < -0.3 is 5.73 Å². The van der Waals surface area contributed by atoms with Crippen molar-refractivity contribution in [1.82, 2.24) is 0 Å². The first-order chi connectivity index (χ1) is 7.18. The van der Waals surface area contributed by atoms with Crippen molar-refractivity contribution in [2.45, 2.75) is 39.0 Å². The van der Waals surface area contributed by atoms with Gasteiger partial charge in [0.05, 0.1) is 0 Å². The van der Waals surface area contributed by atoms with E-state index in [0.29, 0.717) is 5.92 Å². The van der Waals surface area contributed by atoms with Crippen LogP contribution in [-0.2, 0) is 25.7 Å². The van der Waals surface area contributed by atoms with E-state index in [-0.39, 0.29) is 0 Å². The van der Waals surface area contributed by atoms with Crippen LogP contribution in [0, 0.1) is 5.92 Å². The molecule has 1 aromatic rings. The van der Waals surface area contributed by atoms with Gasteiger partial charge in [0.25, 0.3) is 0 Å². The number of nitrogens with two attached hydrogens (primary N) is 1. The molecule has 0 amide bonds. The van der Waals surface area contributed by atoms with Crippen LogP contribution in [0.2, 0.25) is 5.02 Å². The number of benzene rings is 1. The lowest BCUT2D eigenvalue weighted by molar-refractivity contribution is 0.628. The molecule has 1 atom stereocenters. The maximum atomic E-state index is 6.48. The van der Waals surface area contributed by atoms with Gasteiger partial charge in [-0.3, -0.25) is 0 Å². The van der Waals surface area contributed by atoms with E-state index in [1.165, 1.54) is 28.7 Å². The number of hydrogen-bond donors (Lipinski definition) is 1. The molecule has 1 aromatic carbocycles. The third-order valence-electron chi connectivity index (χ3n) is 3.87. The van der Waals surface area contributed by atoms with Crippen LogP contribution in [0.1, 0.15) is 35.6 Å². The molecule has 0 saturated heterocycles. The fourth-order valence-corrected chi connectivity index (χ4v) is 3.56. The smallest absolute Gasteiger partial charge is 0.0477 e. The van der Waals surface area contributed by atoms with Gasteiger partial charge in [-0.2, -0.15) is 0 Å². The molecule has 0 spiro atoms. The Morgan fingerprint density at radius 1 is 1.07 bits per heavy atom. The number of rotatable bonds is 0. The molecule has 2 aliphatic rings. The molecule has 80 valence electrons. The van der Waals surface area contributed by atoms with E-state index in [0.717, 1.165) is 36.4 Å². The third kappa shape index (κ3) is 1.22. The van der Waals surface area contributed by atoms with Gasteiger partial charge in [-0.25, -0.2) is 0 Å². The molecule has 2 N–H and O–H groups in total. The van der Waals surface area contributed by atoms with Crippen LogP contribution in [0.5, 0.6) is 0 Å². The average molecular weight is 222 g/mol. The predicted molar refractivity (Wildman–Crippen MR) is 64.5 cm³/mol. The fraction of sp³-hybridized carbons (Fsp3) is 0.538. The van der Waals surface area contributed by atoms with E-state index in [2.05, 4.69) is 6.92 Å². The molecular formula is C13H16ClN. The van der Waals surface area contributed by atoms with Crippen molar-refractivity contribution in [1.29, 1.82) is 0 Å². The zero-order valence-electron chi connectivity index (χ0n) is 9.07. The molecule has 0 heterocycles. The number of hydrogen-bond acceptors (Lipinski definition) is 1. The predicted octanol–water partition coefficient (Wildman–Crippen LogP) is 3.15. The van der Waals surface area contributed by atoms with E-state index < -0.39 is 0 Å². The Hall–Kier alpha value is -0.690. The topological polar surface area (TPSA) is 26.0 Å².